The van der Waals surface area contributed by atoms with E-state index in [9.17, 15) is 9.18 Å². The number of hydrogen-bond donors (Lipinski definition) is 0. The Kier molecular flexibility index (Phi) is 6.38. The van der Waals surface area contributed by atoms with Crippen LogP contribution >= 0.6 is 0 Å². The van der Waals surface area contributed by atoms with Crippen LogP contribution in [-0.2, 0) is 16.0 Å². The highest BCUT2D eigenvalue weighted by Gasteiger charge is 2.42. The Labute approximate surface area is 178 Å². The molecule has 4 nitrogen and oxygen atoms in total. The summed E-state index contributed by atoms with van der Waals surface area (Å²) < 4.78 is 24.7. The fourth-order valence-corrected chi connectivity index (χ4v) is 4.76. The summed E-state index contributed by atoms with van der Waals surface area (Å²) in [4.78, 5) is 15.6. The lowest BCUT2D eigenvalue weighted by atomic mass is 9.73. The lowest BCUT2D eigenvalue weighted by Gasteiger charge is -2.41. The predicted octanol–water partition coefficient (Wildman–Crippen LogP) is 4.85. The molecule has 4 rings (SSSR count). The molecule has 0 unspecified atom stereocenters. The molecule has 0 radical (unpaired) electrons. The molecule has 2 aromatic rings. The van der Waals surface area contributed by atoms with Crippen LogP contribution in [0.1, 0.15) is 37.7 Å². The van der Waals surface area contributed by atoms with Crippen LogP contribution in [0.2, 0.25) is 0 Å². The van der Waals surface area contributed by atoms with Crippen molar-refractivity contribution in [3.8, 4) is 16.9 Å². The lowest BCUT2D eigenvalue weighted by molar-refractivity contribution is -0.149. The Balaban J connectivity index is 1.57. The molecule has 2 heterocycles. The molecule has 2 saturated heterocycles. The number of nitrogens with zero attached hydrogens (tertiary/aromatic N) is 1. The number of rotatable bonds is 5. The van der Waals surface area contributed by atoms with Gasteiger partial charge in [0, 0.05) is 31.9 Å². The summed E-state index contributed by atoms with van der Waals surface area (Å²) in [5.41, 5.74) is 2.38. The van der Waals surface area contributed by atoms with E-state index in [0.29, 0.717) is 31.3 Å². The van der Waals surface area contributed by atoms with Crippen LogP contribution in [0.25, 0.3) is 11.1 Å². The van der Waals surface area contributed by atoms with Gasteiger partial charge in [-0.2, -0.15) is 0 Å². The molecule has 1 amide bonds. The van der Waals surface area contributed by atoms with Crippen LogP contribution in [0.15, 0.2) is 42.5 Å². The maximum absolute atomic E-state index is 13.8. The normalized spacial score (nSPS) is 18.8. The van der Waals surface area contributed by atoms with Crippen LogP contribution in [0, 0.1) is 11.2 Å². The Morgan fingerprint density at radius 2 is 1.77 bits per heavy atom. The molecule has 0 N–H and O–H groups in total. The molecular weight excluding hydrogens is 381 g/mol. The SMILES string of the molecule is COc1ccc(F)cc1-c1ccc(CC2(C(=O)N3CCCCC3)CCOCC2)cc1. The van der Waals surface area contributed by atoms with Crippen LogP contribution in [0.5, 0.6) is 5.75 Å². The highest BCUT2D eigenvalue weighted by atomic mass is 19.1. The molecule has 0 saturated carbocycles. The summed E-state index contributed by atoms with van der Waals surface area (Å²) >= 11 is 0. The van der Waals surface area contributed by atoms with Crippen molar-refractivity contribution in [2.45, 2.75) is 38.5 Å². The van der Waals surface area contributed by atoms with E-state index in [0.717, 1.165) is 55.5 Å². The van der Waals surface area contributed by atoms with Crippen LogP contribution < -0.4 is 4.74 Å². The van der Waals surface area contributed by atoms with E-state index in [1.54, 1.807) is 13.2 Å². The molecule has 30 heavy (non-hydrogen) atoms. The van der Waals surface area contributed by atoms with Gasteiger partial charge >= 0.3 is 0 Å². The largest absolute Gasteiger partial charge is 0.496 e. The number of likely N-dealkylation sites (tertiary alicyclic amines) is 1. The summed E-state index contributed by atoms with van der Waals surface area (Å²) in [5, 5.41) is 0. The van der Waals surface area contributed by atoms with Crippen molar-refractivity contribution in [2.24, 2.45) is 5.41 Å². The average molecular weight is 412 g/mol. The first-order valence-corrected chi connectivity index (χ1v) is 10.9. The molecule has 2 aliphatic heterocycles. The second-order valence-electron chi connectivity index (χ2n) is 8.46. The van der Waals surface area contributed by atoms with Gasteiger partial charge in [0.15, 0.2) is 0 Å². The molecule has 0 aromatic heterocycles. The minimum Gasteiger partial charge on any atom is -0.496 e. The van der Waals surface area contributed by atoms with Crippen LogP contribution in [0.3, 0.4) is 0 Å². The monoisotopic (exact) mass is 411 g/mol. The first-order chi connectivity index (χ1) is 14.6. The summed E-state index contributed by atoms with van der Waals surface area (Å²) in [7, 11) is 1.59. The zero-order valence-corrected chi connectivity index (χ0v) is 17.7. The van der Waals surface area contributed by atoms with E-state index in [-0.39, 0.29) is 11.2 Å². The van der Waals surface area contributed by atoms with Gasteiger partial charge in [0.05, 0.1) is 12.5 Å². The molecule has 0 bridgehead atoms. The van der Waals surface area contributed by atoms with E-state index >= 15 is 0 Å². The minimum atomic E-state index is -0.381. The van der Waals surface area contributed by atoms with Crippen molar-refractivity contribution in [1.29, 1.82) is 0 Å². The fourth-order valence-electron chi connectivity index (χ4n) is 4.76. The van der Waals surface area contributed by atoms with E-state index < -0.39 is 0 Å². The van der Waals surface area contributed by atoms with Gasteiger partial charge in [0.25, 0.3) is 0 Å². The van der Waals surface area contributed by atoms with Crippen molar-refractivity contribution in [3.05, 3.63) is 53.8 Å². The van der Waals surface area contributed by atoms with Gasteiger partial charge in [0.2, 0.25) is 5.91 Å². The second kappa shape index (κ2) is 9.17. The van der Waals surface area contributed by atoms with Gasteiger partial charge in [0.1, 0.15) is 11.6 Å². The number of carbonyl (C=O) groups is 1. The third kappa shape index (κ3) is 4.36. The van der Waals surface area contributed by atoms with E-state index in [2.05, 4.69) is 17.0 Å². The number of methoxy groups -OCH3 is 1. The summed E-state index contributed by atoms with van der Waals surface area (Å²) in [6.45, 7) is 3.02. The highest BCUT2D eigenvalue weighted by Crippen LogP contribution is 2.38. The molecular formula is C25H30FNO3. The predicted molar refractivity (Wildman–Crippen MR) is 115 cm³/mol. The zero-order valence-electron chi connectivity index (χ0n) is 17.7. The Bertz CT molecular complexity index is 868. The first-order valence-electron chi connectivity index (χ1n) is 10.9. The van der Waals surface area contributed by atoms with Gasteiger partial charge in [-0.3, -0.25) is 4.79 Å². The van der Waals surface area contributed by atoms with Gasteiger partial charge in [-0.15, -0.1) is 0 Å². The summed E-state index contributed by atoms with van der Waals surface area (Å²) in [5.74, 6) is 0.648. The van der Waals surface area contributed by atoms with Gasteiger partial charge in [-0.1, -0.05) is 24.3 Å². The number of carbonyl (C=O) groups excluding carboxylic acids is 1. The van der Waals surface area contributed by atoms with Crippen LogP contribution in [0.4, 0.5) is 4.39 Å². The highest BCUT2D eigenvalue weighted by molar-refractivity contribution is 5.83. The lowest BCUT2D eigenvalue weighted by Crippen LogP contribution is -2.49. The van der Waals surface area contributed by atoms with Gasteiger partial charge in [-0.05, 0) is 67.9 Å². The number of benzene rings is 2. The average Bonchev–Trinajstić information content (AvgIpc) is 2.80. The summed E-state index contributed by atoms with van der Waals surface area (Å²) in [6, 6.07) is 12.6. The van der Waals surface area contributed by atoms with Crippen molar-refractivity contribution < 1.29 is 18.7 Å². The topological polar surface area (TPSA) is 38.8 Å². The molecule has 2 aromatic carbocycles. The van der Waals surface area contributed by atoms with Crippen molar-refractivity contribution >= 4 is 5.91 Å². The second-order valence-corrected chi connectivity index (χ2v) is 8.46. The Morgan fingerprint density at radius 1 is 1.07 bits per heavy atom. The number of ether oxygens (including phenoxy) is 2. The molecule has 5 heteroatoms. The maximum Gasteiger partial charge on any atom is 0.229 e. The molecule has 2 fully saturated rings. The standard InChI is InChI=1S/C25H30FNO3/c1-29-23-10-9-21(26)17-22(23)20-7-5-19(6-8-20)18-25(11-15-30-16-12-25)24(28)27-13-3-2-4-14-27/h5-10,17H,2-4,11-16,18H2,1H3. The third-order valence-corrected chi connectivity index (χ3v) is 6.52. The quantitative estimate of drug-likeness (QED) is 0.706. The number of hydrogen-bond acceptors (Lipinski definition) is 3. The smallest absolute Gasteiger partial charge is 0.229 e. The van der Waals surface area contributed by atoms with Crippen molar-refractivity contribution in [2.75, 3.05) is 33.4 Å². The fraction of sp³-hybridized carbons (Fsp3) is 0.480. The zero-order chi connectivity index (χ0) is 21.0. The number of halogens is 1. The number of amides is 1. The van der Waals surface area contributed by atoms with Crippen molar-refractivity contribution in [3.63, 3.8) is 0 Å². The first kappa shape index (κ1) is 20.9. The maximum atomic E-state index is 13.8. The van der Waals surface area contributed by atoms with E-state index in [1.165, 1.54) is 18.6 Å². The molecule has 0 atom stereocenters. The molecule has 2 aliphatic rings. The Hall–Kier alpha value is -2.40. The third-order valence-electron chi connectivity index (χ3n) is 6.52. The number of piperidine rings is 1. The molecule has 0 aliphatic carbocycles. The van der Waals surface area contributed by atoms with E-state index in [4.69, 9.17) is 9.47 Å². The van der Waals surface area contributed by atoms with Crippen molar-refractivity contribution in [1.82, 2.24) is 4.90 Å². The minimum absolute atomic E-state index is 0.289. The van der Waals surface area contributed by atoms with Gasteiger partial charge in [-0.25, -0.2) is 4.39 Å². The molecule has 0 spiro atoms. The molecule has 160 valence electrons. The van der Waals surface area contributed by atoms with E-state index in [1.807, 2.05) is 12.1 Å². The summed E-state index contributed by atoms with van der Waals surface area (Å²) in [6.07, 6.45) is 5.66. The van der Waals surface area contributed by atoms with Gasteiger partial charge < -0.3 is 14.4 Å². The Morgan fingerprint density at radius 3 is 2.43 bits per heavy atom. The van der Waals surface area contributed by atoms with Crippen LogP contribution in [-0.4, -0.2) is 44.2 Å².